The third-order valence-electron chi connectivity index (χ3n) is 2.99. The molecule has 0 bridgehead atoms. The highest BCUT2D eigenvalue weighted by atomic mass is 19.3. The Bertz CT molecular complexity index is 558. The standard InChI is InChI=1S/C15H16F2N2O/c1-10-5-7-11(8-6-10)14(19-18)12-3-2-4-13(9-12)20-15(16)17/h2-9,14-15,19H,18H2,1H3. The zero-order valence-electron chi connectivity index (χ0n) is 11.0. The van der Waals surface area contributed by atoms with Crippen molar-refractivity contribution < 1.29 is 13.5 Å². The van der Waals surface area contributed by atoms with Gasteiger partial charge in [-0.25, -0.2) is 5.43 Å². The number of halogens is 2. The fraction of sp³-hybridized carbons (Fsp3) is 0.200. The van der Waals surface area contributed by atoms with E-state index < -0.39 is 6.61 Å². The number of benzene rings is 2. The van der Waals surface area contributed by atoms with Crippen molar-refractivity contribution in [2.45, 2.75) is 19.6 Å². The molecule has 0 saturated heterocycles. The molecule has 3 N–H and O–H groups in total. The molecule has 0 aromatic heterocycles. The first-order valence-corrected chi connectivity index (χ1v) is 6.17. The van der Waals surface area contributed by atoms with Gasteiger partial charge in [-0.3, -0.25) is 5.84 Å². The highest BCUT2D eigenvalue weighted by Gasteiger charge is 2.14. The zero-order valence-corrected chi connectivity index (χ0v) is 11.0. The first-order chi connectivity index (χ1) is 9.60. The van der Waals surface area contributed by atoms with Gasteiger partial charge in [0.25, 0.3) is 0 Å². The van der Waals surface area contributed by atoms with Gasteiger partial charge in [0.05, 0.1) is 6.04 Å². The number of rotatable bonds is 5. The minimum atomic E-state index is -2.84. The maximum atomic E-state index is 12.2. The van der Waals surface area contributed by atoms with Crippen LogP contribution in [0.4, 0.5) is 8.78 Å². The first kappa shape index (κ1) is 14.4. The Morgan fingerprint density at radius 2 is 1.75 bits per heavy atom. The molecule has 106 valence electrons. The van der Waals surface area contributed by atoms with Crippen LogP contribution < -0.4 is 16.0 Å². The maximum Gasteiger partial charge on any atom is 0.387 e. The fourth-order valence-electron chi connectivity index (χ4n) is 2.01. The second-order valence-corrected chi connectivity index (χ2v) is 4.46. The lowest BCUT2D eigenvalue weighted by Gasteiger charge is -2.18. The summed E-state index contributed by atoms with van der Waals surface area (Å²) in [4.78, 5) is 0. The summed E-state index contributed by atoms with van der Waals surface area (Å²) in [5, 5.41) is 0. The molecule has 1 atom stereocenters. The molecule has 0 spiro atoms. The van der Waals surface area contributed by atoms with E-state index in [1.807, 2.05) is 37.3 Å². The number of nitrogens with one attached hydrogen (secondary N) is 1. The molecule has 0 aliphatic heterocycles. The molecule has 20 heavy (non-hydrogen) atoms. The molecule has 2 aromatic carbocycles. The summed E-state index contributed by atoms with van der Waals surface area (Å²) >= 11 is 0. The number of hydrogen-bond acceptors (Lipinski definition) is 3. The second-order valence-electron chi connectivity index (χ2n) is 4.46. The van der Waals surface area contributed by atoms with Crippen LogP contribution in [0.15, 0.2) is 48.5 Å². The van der Waals surface area contributed by atoms with E-state index in [0.717, 1.165) is 16.7 Å². The van der Waals surface area contributed by atoms with E-state index in [1.54, 1.807) is 12.1 Å². The highest BCUT2D eigenvalue weighted by Crippen LogP contribution is 2.25. The van der Waals surface area contributed by atoms with Crippen LogP contribution in [0, 0.1) is 6.92 Å². The number of ether oxygens (including phenoxy) is 1. The molecule has 0 heterocycles. The number of nitrogens with two attached hydrogens (primary N) is 1. The van der Waals surface area contributed by atoms with Gasteiger partial charge in [0.2, 0.25) is 0 Å². The predicted molar refractivity (Wildman–Crippen MR) is 73.4 cm³/mol. The quantitative estimate of drug-likeness (QED) is 0.652. The maximum absolute atomic E-state index is 12.2. The van der Waals surface area contributed by atoms with Gasteiger partial charge in [0.1, 0.15) is 5.75 Å². The van der Waals surface area contributed by atoms with Crippen LogP contribution >= 0.6 is 0 Å². The molecule has 0 aliphatic carbocycles. The van der Waals surface area contributed by atoms with Gasteiger partial charge < -0.3 is 4.74 Å². The lowest BCUT2D eigenvalue weighted by atomic mass is 9.98. The van der Waals surface area contributed by atoms with E-state index in [9.17, 15) is 8.78 Å². The Balaban J connectivity index is 2.29. The van der Waals surface area contributed by atoms with E-state index in [-0.39, 0.29) is 11.8 Å². The number of alkyl halides is 2. The van der Waals surface area contributed by atoms with E-state index in [0.29, 0.717) is 0 Å². The molecule has 1 unspecified atom stereocenters. The summed E-state index contributed by atoms with van der Waals surface area (Å²) in [5.74, 6) is 5.70. The summed E-state index contributed by atoms with van der Waals surface area (Å²) < 4.78 is 28.9. The van der Waals surface area contributed by atoms with Gasteiger partial charge in [0, 0.05) is 0 Å². The molecule has 0 saturated carbocycles. The summed E-state index contributed by atoms with van der Waals surface area (Å²) in [6, 6.07) is 14.1. The molecular weight excluding hydrogens is 262 g/mol. The van der Waals surface area contributed by atoms with Crippen molar-refractivity contribution in [1.82, 2.24) is 5.43 Å². The highest BCUT2D eigenvalue weighted by molar-refractivity contribution is 5.37. The summed E-state index contributed by atoms with van der Waals surface area (Å²) in [6.45, 7) is -0.847. The third-order valence-corrected chi connectivity index (χ3v) is 2.99. The first-order valence-electron chi connectivity index (χ1n) is 6.17. The minimum absolute atomic E-state index is 0.116. The Morgan fingerprint density at radius 3 is 2.35 bits per heavy atom. The van der Waals surface area contributed by atoms with Crippen LogP contribution in [0.3, 0.4) is 0 Å². The monoisotopic (exact) mass is 278 g/mol. The molecule has 0 radical (unpaired) electrons. The van der Waals surface area contributed by atoms with Gasteiger partial charge in [-0.1, -0.05) is 42.0 Å². The predicted octanol–water partition coefficient (Wildman–Crippen LogP) is 3.15. The Kier molecular flexibility index (Phi) is 4.65. The van der Waals surface area contributed by atoms with Crippen LogP contribution in [0.25, 0.3) is 0 Å². The molecule has 3 nitrogen and oxygen atoms in total. The van der Waals surface area contributed by atoms with Gasteiger partial charge >= 0.3 is 6.61 Å². The van der Waals surface area contributed by atoms with E-state index in [1.165, 1.54) is 6.07 Å². The number of hydrazine groups is 1. The lowest BCUT2D eigenvalue weighted by molar-refractivity contribution is -0.0498. The van der Waals surface area contributed by atoms with Crippen molar-refractivity contribution in [3.8, 4) is 5.75 Å². The van der Waals surface area contributed by atoms with Gasteiger partial charge in [-0.2, -0.15) is 8.78 Å². The molecule has 2 rings (SSSR count). The Morgan fingerprint density at radius 1 is 1.05 bits per heavy atom. The van der Waals surface area contributed by atoms with Crippen LogP contribution in [0.2, 0.25) is 0 Å². The largest absolute Gasteiger partial charge is 0.435 e. The van der Waals surface area contributed by atoms with Crippen LogP contribution in [0.5, 0.6) is 5.75 Å². The van der Waals surface area contributed by atoms with Gasteiger partial charge in [-0.05, 0) is 30.2 Å². The smallest absolute Gasteiger partial charge is 0.387 e. The van der Waals surface area contributed by atoms with Gasteiger partial charge in [-0.15, -0.1) is 0 Å². The fourth-order valence-corrected chi connectivity index (χ4v) is 2.01. The zero-order chi connectivity index (χ0) is 14.5. The lowest BCUT2D eigenvalue weighted by Crippen LogP contribution is -2.28. The van der Waals surface area contributed by atoms with Crippen LogP contribution in [0.1, 0.15) is 22.7 Å². The topological polar surface area (TPSA) is 47.3 Å². The number of aryl methyl sites for hydroxylation is 1. The SMILES string of the molecule is Cc1ccc(C(NN)c2cccc(OC(F)F)c2)cc1. The summed E-state index contributed by atoms with van der Waals surface area (Å²) in [5.41, 5.74) is 5.54. The Labute approximate surface area is 116 Å². The normalized spacial score (nSPS) is 12.4. The average molecular weight is 278 g/mol. The summed E-state index contributed by atoms with van der Waals surface area (Å²) in [6.07, 6.45) is 0. The van der Waals surface area contributed by atoms with Crippen molar-refractivity contribution in [2.24, 2.45) is 5.84 Å². The van der Waals surface area contributed by atoms with Crippen LogP contribution in [-0.2, 0) is 0 Å². The molecule has 5 heteroatoms. The average Bonchev–Trinajstić information content (AvgIpc) is 2.41. The van der Waals surface area contributed by atoms with E-state index >= 15 is 0 Å². The van der Waals surface area contributed by atoms with Crippen molar-refractivity contribution in [2.75, 3.05) is 0 Å². The third kappa shape index (κ3) is 3.53. The van der Waals surface area contributed by atoms with Gasteiger partial charge in [0.15, 0.2) is 0 Å². The molecular formula is C15H16F2N2O. The van der Waals surface area contributed by atoms with Crippen molar-refractivity contribution in [3.05, 3.63) is 65.2 Å². The molecule has 0 amide bonds. The molecule has 2 aromatic rings. The minimum Gasteiger partial charge on any atom is -0.435 e. The number of hydrogen-bond donors (Lipinski definition) is 2. The van der Waals surface area contributed by atoms with E-state index in [2.05, 4.69) is 10.2 Å². The molecule has 0 aliphatic rings. The van der Waals surface area contributed by atoms with Crippen LogP contribution in [-0.4, -0.2) is 6.61 Å². The van der Waals surface area contributed by atoms with Crippen molar-refractivity contribution >= 4 is 0 Å². The Hall–Kier alpha value is -1.98. The van der Waals surface area contributed by atoms with E-state index in [4.69, 9.17) is 5.84 Å². The summed E-state index contributed by atoms with van der Waals surface area (Å²) in [7, 11) is 0. The molecule has 0 fully saturated rings. The second kappa shape index (κ2) is 6.45. The van der Waals surface area contributed by atoms with Crippen molar-refractivity contribution in [1.29, 1.82) is 0 Å². The van der Waals surface area contributed by atoms with Crippen molar-refractivity contribution in [3.63, 3.8) is 0 Å².